The van der Waals surface area contributed by atoms with Crippen molar-refractivity contribution in [3.05, 3.63) is 35.4 Å². The van der Waals surface area contributed by atoms with Crippen LogP contribution in [0, 0.1) is 17.6 Å². The van der Waals surface area contributed by atoms with E-state index >= 15 is 0 Å². The highest BCUT2D eigenvalue weighted by Crippen LogP contribution is 2.08. The normalized spacial score (nSPS) is 10.7. The van der Waals surface area contributed by atoms with Crippen molar-refractivity contribution >= 4 is 5.91 Å². The molecule has 0 unspecified atom stereocenters. The molecule has 0 fully saturated rings. The number of benzene rings is 1. The minimum Gasteiger partial charge on any atom is -0.355 e. The molecule has 0 radical (unpaired) electrons. The molecule has 0 saturated carbocycles. The number of carbonyl (C=O) groups is 1. The van der Waals surface area contributed by atoms with Gasteiger partial charge >= 0.3 is 0 Å². The van der Waals surface area contributed by atoms with E-state index in [-0.39, 0.29) is 24.6 Å². The van der Waals surface area contributed by atoms with Gasteiger partial charge in [-0.1, -0.05) is 13.8 Å². The van der Waals surface area contributed by atoms with E-state index in [0.717, 1.165) is 18.2 Å². The van der Waals surface area contributed by atoms with Crippen molar-refractivity contribution in [3.8, 4) is 0 Å². The molecule has 0 aliphatic carbocycles. The standard InChI is InChI=1S/C13H18F2N2O/c1-9(2)6-17-13(18)8-16-7-10-5-11(14)3-4-12(10)15/h3-5,9,16H,6-8H2,1-2H3,(H,17,18). The molecule has 0 spiro atoms. The number of nitrogens with one attached hydrogen (secondary N) is 2. The first kappa shape index (κ1) is 14.6. The summed E-state index contributed by atoms with van der Waals surface area (Å²) in [5, 5.41) is 5.50. The van der Waals surface area contributed by atoms with E-state index in [9.17, 15) is 13.6 Å². The first-order valence-corrected chi connectivity index (χ1v) is 5.90. The van der Waals surface area contributed by atoms with Crippen molar-refractivity contribution in [2.24, 2.45) is 5.92 Å². The Morgan fingerprint density at radius 2 is 2.06 bits per heavy atom. The average Bonchev–Trinajstić information content (AvgIpc) is 2.31. The van der Waals surface area contributed by atoms with Crippen molar-refractivity contribution in [3.63, 3.8) is 0 Å². The van der Waals surface area contributed by atoms with Gasteiger partial charge in [0.1, 0.15) is 11.6 Å². The Kier molecular flexibility index (Phi) is 5.71. The fraction of sp³-hybridized carbons (Fsp3) is 0.462. The molecule has 0 bridgehead atoms. The first-order chi connectivity index (χ1) is 8.49. The first-order valence-electron chi connectivity index (χ1n) is 5.90. The minimum atomic E-state index is -0.488. The summed E-state index contributed by atoms with van der Waals surface area (Å²) in [6.07, 6.45) is 0. The van der Waals surface area contributed by atoms with Gasteiger partial charge in [0.05, 0.1) is 6.54 Å². The van der Waals surface area contributed by atoms with Crippen LogP contribution < -0.4 is 10.6 Å². The topological polar surface area (TPSA) is 41.1 Å². The van der Waals surface area contributed by atoms with Crippen molar-refractivity contribution in [1.29, 1.82) is 0 Å². The van der Waals surface area contributed by atoms with Gasteiger partial charge in [-0.15, -0.1) is 0 Å². The minimum absolute atomic E-state index is 0.0860. The number of halogens is 2. The second kappa shape index (κ2) is 7.06. The smallest absolute Gasteiger partial charge is 0.233 e. The molecule has 1 rings (SSSR count). The lowest BCUT2D eigenvalue weighted by Crippen LogP contribution is -2.35. The maximum Gasteiger partial charge on any atom is 0.233 e. The highest BCUT2D eigenvalue weighted by Gasteiger charge is 2.05. The Balaban J connectivity index is 2.33. The Morgan fingerprint density at radius 3 is 2.72 bits per heavy atom. The molecule has 1 aromatic carbocycles. The van der Waals surface area contributed by atoms with Gasteiger partial charge in [-0.25, -0.2) is 8.78 Å². The molecule has 18 heavy (non-hydrogen) atoms. The molecule has 0 saturated heterocycles. The van der Waals surface area contributed by atoms with Gasteiger partial charge in [-0.2, -0.15) is 0 Å². The van der Waals surface area contributed by atoms with E-state index in [0.29, 0.717) is 12.5 Å². The fourth-order valence-electron chi connectivity index (χ4n) is 1.37. The molecule has 1 amide bonds. The van der Waals surface area contributed by atoms with Gasteiger partial charge in [0, 0.05) is 18.7 Å². The lowest BCUT2D eigenvalue weighted by atomic mass is 10.2. The summed E-state index contributed by atoms with van der Waals surface area (Å²) in [6, 6.07) is 3.26. The second-order valence-corrected chi connectivity index (χ2v) is 4.54. The van der Waals surface area contributed by atoms with Crippen LogP contribution in [0.3, 0.4) is 0 Å². The molecule has 0 aromatic heterocycles. The lowest BCUT2D eigenvalue weighted by molar-refractivity contribution is -0.120. The molecule has 100 valence electrons. The second-order valence-electron chi connectivity index (χ2n) is 4.54. The van der Waals surface area contributed by atoms with E-state index in [1.54, 1.807) is 0 Å². The van der Waals surface area contributed by atoms with Crippen LogP contribution in [-0.4, -0.2) is 19.0 Å². The van der Waals surface area contributed by atoms with Crippen LogP contribution in [0.4, 0.5) is 8.78 Å². The Hall–Kier alpha value is -1.49. The summed E-state index contributed by atoms with van der Waals surface area (Å²) in [4.78, 5) is 11.3. The molecular weight excluding hydrogens is 238 g/mol. The molecule has 0 atom stereocenters. The van der Waals surface area contributed by atoms with Gasteiger partial charge in [0.25, 0.3) is 0 Å². The third-order valence-corrected chi connectivity index (χ3v) is 2.32. The molecule has 0 aliphatic rings. The monoisotopic (exact) mass is 256 g/mol. The molecule has 1 aromatic rings. The van der Waals surface area contributed by atoms with Gasteiger partial charge < -0.3 is 10.6 Å². The number of hydrogen-bond acceptors (Lipinski definition) is 2. The molecule has 0 heterocycles. The maximum absolute atomic E-state index is 13.2. The van der Waals surface area contributed by atoms with Crippen molar-refractivity contribution in [2.75, 3.05) is 13.1 Å². The molecule has 0 aliphatic heterocycles. The molecule has 2 N–H and O–H groups in total. The highest BCUT2D eigenvalue weighted by atomic mass is 19.1. The lowest BCUT2D eigenvalue weighted by Gasteiger charge is -2.09. The molecule has 5 heteroatoms. The maximum atomic E-state index is 13.2. The summed E-state index contributed by atoms with van der Waals surface area (Å²) < 4.78 is 26.1. The van der Waals surface area contributed by atoms with Crippen LogP contribution in [0.25, 0.3) is 0 Å². The van der Waals surface area contributed by atoms with E-state index in [2.05, 4.69) is 10.6 Å². The largest absolute Gasteiger partial charge is 0.355 e. The van der Waals surface area contributed by atoms with Gasteiger partial charge in [0.15, 0.2) is 0 Å². The van der Waals surface area contributed by atoms with Crippen LogP contribution in [0.5, 0.6) is 0 Å². The van der Waals surface area contributed by atoms with Crippen LogP contribution in [0.2, 0.25) is 0 Å². The third-order valence-electron chi connectivity index (χ3n) is 2.32. The van der Waals surface area contributed by atoms with Crippen molar-refractivity contribution in [1.82, 2.24) is 10.6 Å². The SMILES string of the molecule is CC(C)CNC(=O)CNCc1cc(F)ccc1F. The quantitative estimate of drug-likeness (QED) is 0.815. The van der Waals surface area contributed by atoms with Crippen LogP contribution in [-0.2, 0) is 11.3 Å². The third kappa shape index (κ3) is 5.23. The highest BCUT2D eigenvalue weighted by molar-refractivity contribution is 5.77. The predicted molar refractivity (Wildman–Crippen MR) is 65.9 cm³/mol. The van der Waals surface area contributed by atoms with Gasteiger partial charge in [0.2, 0.25) is 5.91 Å². The van der Waals surface area contributed by atoms with Crippen molar-refractivity contribution in [2.45, 2.75) is 20.4 Å². The van der Waals surface area contributed by atoms with Gasteiger partial charge in [-0.05, 0) is 24.1 Å². The molecule has 3 nitrogen and oxygen atoms in total. The summed E-state index contributed by atoms with van der Waals surface area (Å²) in [6.45, 7) is 4.81. The summed E-state index contributed by atoms with van der Waals surface area (Å²) in [5.74, 6) is -0.737. The Bertz CT molecular complexity index is 408. The fourth-order valence-corrected chi connectivity index (χ4v) is 1.37. The zero-order valence-electron chi connectivity index (χ0n) is 10.6. The summed E-state index contributed by atoms with van der Waals surface area (Å²) in [5.41, 5.74) is 0.214. The number of rotatable bonds is 6. The number of hydrogen-bond donors (Lipinski definition) is 2. The predicted octanol–water partition coefficient (Wildman–Crippen LogP) is 1.83. The van der Waals surface area contributed by atoms with E-state index in [4.69, 9.17) is 0 Å². The zero-order valence-corrected chi connectivity index (χ0v) is 10.6. The Labute approximate surface area is 106 Å². The van der Waals surface area contributed by atoms with Crippen LogP contribution in [0.1, 0.15) is 19.4 Å². The van der Waals surface area contributed by atoms with Gasteiger partial charge in [-0.3, -0.25) is 4.79 Å². The van der Waals surface area contributed by atoms with Crippen LogP contribution in [0.15, 0.2) is 18.2 Å². The van der Waals surface area contributed by atoms with E-state index < -0.39 is 11.6 Å². The summed E-state index contributed by atoms with van der Waals surface area (Å²) >= 11 is 0. The van der Waals surface area contributed by atoms with Crippen LogP contribution >= 0.6 is 0 Å². The zero-order chi connectivity index (χ0) is 13.5. The Morgan fingerprint density at radius 1 is 1.33 bits per heavy atom. The van der Waals surface area contributed by atoms with E-state index in [1.807, 2.05) is 13.8 Å². The average molecular weight is 256 g/mol. The van der Waals surface area contributed by atoms with E-state index in [1.165, 1.54) is 0 Å². The molecular formula is C13H18F2N2O. The number of carbonyl (C=O) groups excluding carboxylic acids is 1. The van der Waals surface area contributed by atoms with Crippen molar-refractivity contribution < 1.29 is 13.6 Å². The number of amides is 1. The summed E-state index contributed by atoms with van der Waals surface area (Å²) in [7, 11) is 0.